The Morgan fingerprint density at radius 3 is 2.69 bits per heavy atom. The van der Waals surface area contributed by atoms with Crippen LogP contribution in [0.3, 0.4) is 0 Å². The molecule has 0 radical (unpaired) electrons. The third-order valence-corrected chi connectivity index (χ3v) is 2.69. The fourth-order valence-corrected chi connectivity index (χ4v) is 1.76. The third kappa shape index (κ3) is 2.87. The Morgan fingerprint density at radius 2 is 2.25 bits per heavy atom. The molecule has 0 aromatic rings. The van der Waals surface area contributed by atoms with Crippen LogP contribution in [0.4, 0.5) is 13.2 Å². The molecule has 1 aliphatic rings. The number of alkyl halides is 3. The molecular weight excluding hydrogens is 221 g/mol. The molecule has 6 heteroatoms. The molecule has 0 aromatic heterocycles. The summed E-state index contributed by atoms with van der Waals surface area (Å²) in [6.07, 6.45) is -1.07. The van der Waals surface area contributed by atoms with Gasteiger partial charge in [0.1, 0.15) is 6.17 Å². The lowest BCUT2D eigenvalue weighted by atomic mass is 9.92. The second kappa shape index (κ2) is 4.73. The molecule has 0 aromatic carbocycles. The molecule has 2 atom stereocenters. The molecule has 1 saturated heterocycles. The fourth-order valence-electron chi connectivity index (χ4n) is 1.76. The van der Waals surface area contributed by atoms with Crippen molar-refractivity contribution in [2.75, 3.05) is 13.1 Å². The summed E-state index contributed by atoms with van der Waals surface area (Å²) in [4.78, 5) is 12.0. The van der Waals surface area contributed by atoms with Crippen molar-refractivity contribution >= 4 is 5.91 Å². The summed E-state index contributed by atoms with van der Waals surface area (Å²) in [6, 6.07) is 1.85. The number of amides is 1. The van der Waals surface area contributed by atoms with E-state index in [-0.39, 0.29) is 25.9 Å². The predicted octanol–water partition coefficient (Wildman–Crippen LogP) is 1.74. The summed E-state index contributed by atoms with van der Waals surface area (Å²) in [6.45, 7) is 0.258. The van der Waals surface area contributed by atoms with Crippen LogP contribution in [0, 0.1) is 17.2 Å². The first-order valence-electron chi connectivity index (χ1n) is 5.04. The van der Waals surface area contributed by atoms with Crippen molar-refractivity contribution in [3.8, 4) is 6.07 Å². The molecule has 90 valence electrons. The summed E-state index contributed by atoms with van der Waals surface area (Å²) in [5, 5.41) is 8.42. The first-order valence-corrected chi connectivity index (χ1v) is 5.04. The van der Waals surface area contributed by atoms with Crippen molar-refractivity contribution < 1.29 is 18.0 Å². The number of carbonyl (C=O) groups excluding carboxylic acids is 1. The van der Waals surface area contributed by atoms with Gasteiger partial charge in [-0.15, -0.1) is 0 Å². The molecule has 1 heterocycles. The molecule has 1 fully saturated rings. The minimum atomic E-state index is -3.46. The van der Waals surface area contributed by atoms with Gasteiger partial charge in [-0.2, -0.15) is 14.0 Å². The number of rotatable bonds is 2. The highest BCUT2D eigenvalue weighted by molar-refractivity contribution is 5.83. The highest BCUT2D eigenvalue weighted by Gasteiger charge is 2.40. The van der Waals surface area contributed by atoms with Crippen LogP contribution in [0.5, 0.6) is 0 Å². The number of halogens is 3. The number of nitriles is 1. The summed E-state index contributed by atoms with van der Waals surface area (Å²) < 4.78 is 38.9. The van der Waals surface area contributed by atoms with Crippen molar-refractivity contribution in [3.63, 3.8) is 0 Å². The average molecular weight is 234 g/mol. The van der Waals surface area contributed by atoms with Crippen molar-refractivity contribution in [3.05, 3.63) is 0 Å². The molecule has 0 saturated carbocycles. The Balaban J connectivity index is 2.59. The smallest absolute Gasteiger partial charge is 0.322 e. The molecule has 16 heavy (non-hydrogen) atoms. The van der Waals surface area contributed by atoms with Crippen molar-refractivity contribution in [2.45, 2.75) is 31.9 Å². The van der Waals surface area contributed by atoms with Crippen molar-refractivity contribution in [1.82, 2.24) is 4.90 Å². The first kappa shape index (κ1) is 12.8. The quantitative estimate of drug-likeness (QED) is 0.730. The van der Waals surface area contributed by atoms with Gasteiger partial charge in [-0.25, -0.2) is 4.39 Å². The van der Waals surface area contributed by atoms with Crippen LogP contribution in [-0.2, 0) is 4.79 Å². The van der Waals surface area contributed by atoms with Gasteiger partial charge in [0, 0.05) is 25.8 Å². The molecule has 1 aliphatic heterocycles. The number of piperidine rings is 1. The summed E-state index contributed by atoms with van der Waals surface area (Å²) >= 11 is 0. The maximum absolute atomic E-state index is 13.4. The van der Waals surface area contributed by atoms with Gasteiger partial charge in [0.2, 0.25) is 0 Å². The van der Waals surface area contributed by atoms with E-state index < -0.39 is 23.9 Å². The van der Waals surface area contributed by atoms with E-state index in [0.29, 0.717) is 6.92 Å². The van der Waals surface area contributed by atoms with Crippen LogP contribution in [0.25, 0.3) is 0 Å². The van der Waals surface area contributed by atoms with E-state index in [4.69, 9.17) is 5.26 Å². The van der Waals surface area contributed by atoms with Gasteiger partial charge in [0.15, 0.2) is 0 Å². The fraction of sp³-hybridized carbons (Fsp3) is 0.800. The zero-order chi connectivity index (χ0) is 12.3. The van der Waals surface area contributed by atoms with E-state index >= 15 is 0 Å². The van der Waals surface area contributed by atoms with Crippen LogP contribution in [0.2, 0.25) is 0 Å². The first-order chi connectivity index (χ1) is 7.36. The number of hydrogen-bond acceptors (Lipinski definition) is 2. The standard InChI is InChI=1S/C10H13F3N2O/c1-10(12,13)9(16)15-5-3-7(2-4-14)8(11)6-15/h7-8H,2-3,5-6H2,1H3/t7?,8-/m0/s1. The van der Waals surface area contributed by atoms with Gasteiger partial charge in [0.25, 0.3) is 5.91 Å². The molecular formula is C10H13F3N2O. The molecule has 3 nitrogen and oxygen atoms in total. The second-order valence-corrected chi connectivity index (χ2v) is 4.07. The number of carbonyl (C=O) groups is 1. The molecule has 0 aliphatic carbocycles. The van der Waals surface area contributed by atoms with Gasteiger partial charge >= 0.3 is 5.92 Å². The van der Waals surface area contributed by atoms with Crippen molar-refractivity contribution in [2.24, 2.45) is 5.92 Å². The van der Waals surface area contributed by atoms with Crippen molar-refractivity contribution in [1.29, 1.82) is 5.26 Å². The second-order valence-electron chi connectivity index (χ2n) is 4.07. The predicted molar refractivity (Wildman–Crippen MR) is 50.4 cm³/mol. The third-order valence-electron chi connectivity index (χ3n) is 2.69. The summed E-state index contributed by atoms with van der Waals surface area (Å²) in [5.41, 5.74) is 0. The monoisotopic (exact) mass is 234 g/mol. The lowest BCUT2D eigenvalue weighted by Crippen LogP contribution is -2.50. The Kier molecular flexibility index (Phi) is 3.79. The van der Waals surface area contributed by atoms with Crippen LogP contribution in [0.15, 0.2) is 0 Å². The minimum absolute atomic E-state index is 0.0612. The Hall–Kier alpha value is -1.25. The highest BCUT2D eigenvalue weighted by atomic mass is 19.3. The minimum Gasteiger partial charge on any atom is -0.335 e. The maximum Gasteiger partial charge on any atom is 0.322 e. The topological polar surface area (TPSA) is 44.1 Å². The molecule has 1 rings (SSSR count). The van der Waals surface area contributed by atoms with Crippen LogP contribution in [-0.4, -0.2) is 36.0 Å². The van der Waals surface area contributed by atoms with Gasteiger partial charge in [0.05, 0.1) is 12.6 Å². The van der Waals surface area contributed by atoms with Gasteiger partial charge in [-0.3, -0.25) is 4.79 Å². The van der Waals surface area contributed by atoms with E-state index in [2.05, 4.69) is 0 Å². The lowest BCUT2D eigenvalue weighted by molar-refractivity contribution is -0.157. The SMILES string of the molecule is CC(F)(F)C(=O)N1CCC(CC#N)[C@@H](F)C1. The molecule has 0 bridgehead atoms. The van der Waals surface area contributed by atoms with Crippen LogP contribution >= 0.6 is 0 Å². The molecule has 1 amide bonds. The molecule has 1 unspecified atom stereocenters. The summed E-state index contributed by atoms with van der Waals surface area (Å²) in [7, 11) is 0. The van der Waals surface area contributed by atoms with E-state index in [9.17, 15) is 18.0 Å². The van der Waals surface area contributed by atoms with Crippen LogP contribution in [0.1, 0.15) is 19.8 Å². The number of nitrogens with zero attached hydrogens (tertiary/aromatic N) is 2. The Labute approximate surface area is 91.8 Å². The lowest BCUT2D eigenvalue weighted by Gasteiger charge is -2.34. The normalized spacial score (nSPS) is 26.3. The van der Waals surface area contributed by atoms with E-state index in [0.717, 1.165) is 4.90 Å². The van der Waals surface area contributed by atoms with Gasteiger partial charge in [-0.05, 0) is 6.42 Å². The van der Waals surface area contributed by atoms with E-state index in [1.807, 2.05) is 6.07 Å². The average Bonchev–Trinajstić information content (AvgIpc) is 2.19. The Morgan fingerprint density at radius 1 is 1.62 bits per heavy atom. The molecule has 0 N–H and O–H groups in total. The number of likely N-dealkylation sites (tertiary alicyclic amines) is 1. The summed E-state index contributed by atoms with van der Waals surface area (Å²) in [5.74, 6) is -5.24. The zero-order valence-electron chi connectivity index (χ0n) is 8.92. The largest absolute Gasteiger partial charge is 0.335 e. The Bertz CT molecular complexity index is 308. The molecule has 0 spiro atoms. The maximum atomic E-state index is 13.4. The van der Waals surface area contributed by atoms with Gasteiger partial charge < -0.3 is 4.90 Å². The van der Waals surface area contributed by atoms with Crippen LogP contribution < -0.4 is 0 Å². The van der Waals surface area contributed by atoms with E-state index in [1.54, 1.807) is 0 Å². The zero-order valence-corrected chi connectivity index (χ0v) is 8.92. The highest BCUT2D eigenvalue weighted by Crippen LogP contribution is 2.26. The van der Waals surface area contributed by atoms with E-state index in [1.165, 1.54) is 0 Å². The van der Waals surface area contributed by atoms with Gasteiger partial charge in [-0.1, -0.05) is 0 Å². The number of hydrogen-bond donors (Lipinski definition) is 0.